The van der Waals surface area contributed by atoms with Gasteiger partial charge in [-0.25, -0.2) is 4.79 Å². The summed E-state index contributed by atoms with van der Waals surface area (Å²) in [6, 6.07) is 5.20. The van der Waals surface area contributed by atoms with E-state index in [0.717, 1.165) is 15.7 Å². The molecule has 0 spiro atoms. The van der Waals surface area contributed by atoms with Gasteiger partial charge in [0.15, 0.2) is 0 Å². The normalized spacial score (nSPS) is 11.6. The van der Waals surface area contributed by atoms with Gasteiger partial charge in [0.25, 0.3) is 0 Å². The number of anilines is 1. The maximum absolute atomic E-state index is 11.7. The summed E-state index contributed by atoms with van der Waals surface area (Å²) in [7, 11) is 1.32. The summed E-state index contributed by atoms with van der Waals surface area (Å²) in [5, 5.41) is 5.36. The van der Waals surface area contributed by atoms with E-state index in [2.05, 4.69) is 31.3 Å². The van der Waals surface area contributed by atoms with Gasteiger partial charge in [-0.3, -0.25) is 4.79 Å². The lowest BCUT2D eigenvalue weighted by Crippen LogP contribution is -2.35. The van der Waals surface area contributed by atoms with Crippen LogP contribution in [0.1, 0.15) is 12.5 Å². The summed E-state index contributed by atoms with van der Waals surface area (Å²) >= 11 is 3.39. The minimum Gasteiger partial charge on any atom is -0.469 e. The van der Waals surface area contributed by atoms with Crippen LogP contribution in [0.15, 0.2) is 22.7 Å². The van der Waals surface area contributed by atoms with Crippen molar-refractivity contribution in [3.8, 4) is 0 Å². The second-order valence-electron chi connectivity index (χ2n) is 4.17. The van der Waals surface area contributed by atoms with Crippen LogP contribution >= 0.6 is 15.9 Å². The van der Waals surface area contributed by atoms with Crippen LogP contribution in [0.25, 0.3) is 0 Å². The van der Waals surface area contributed by atoms with E-state index >= 15 is 0 Å². The van der Waals surface area contributed by atoms with E-state index in [1.165, 1.54) is 7.11 Å². The quantitative estimate of drug-likeness (QED) is 0.835. The Labute approximate surface area is 120 Å². The number of amides is 2. The van der Waals surface area contributed by atoms with Crippen LogP contribution in [0.4, 0.5) is 10.5 Å². The summed E-state index contributed by atoms with van der Waals surface area (Å²) in [6.07, 6.45) is 0. The van der Waals surface area contributed by atoms with Gasteiger partial charge in [-0.05, 0) is 24.6 Å². The van der Waals surface area contributed by atoms with Crippen molar-refractivity contribution in [1.29, 1.82) is 0 Å². The van der Waals surface area contributed by atoms with Crippen LogP contribution in [0, 0.1) is 12.8 Å². The molecule has 0 saturated carbocycles. The molecule has 0 aliphatic carbocycles. The van der Waals surface area contributed by atoms with Gasteiger partial charge in [-0.1, -0.05) is 28.9 Å². The highest BCUT2D eigenvalue weighted by atomic mass is 79.9. The molecule has 0 radical (unpaired) electrons. The van der Waals surface area contributed by atoms with Crippen LogP contribution in [-0.4, -0.2) is 25.7 Å². The van der Waals surface area contributed by atoms with Gasteiger partial charge >= 0.3 is 12.0 Å². The third-order valence-electron chi connectivity index (χ3n) is 2.69. The largest absolute Gasteiger partial charge is 0.469 e. The van der Waals surface area contributed by atoms with Crippen molar-refractivity contribution in [1.82, 2.24) is 5.32 Å². The van der Waals surface area contributed by atoms with Crippen molar-refractivity contribution in [2.75, 3.05) is 19.0 Å². The number of hydrogen-bond acceptors (Lipinski definition) is 3. The van der Waals surface area contributed by atoms with Crippen LogP contribution in [0.3, 0.4) is 0 Å². The molecule has 0 heterocycles. The highest BCUT2D eigenvalue weighted by Crippen LogP contribution is 2.23. The molecule has 1 aromatic carbocycles. The number of nitrogens with one attached hydrogen (secondary N) is 2. The van der Waals surface area contributed by atoms with Gasteiger partial charge in [0.2, 0.25) is 0 Å². The van der Waals surface area contributed by atoms with Gasteiger partial charge in [-0.2, -0.15) is 0 Å². The third kappa shape index (κ3) is 4.55. The van der Waals surface area contributed by atoms with E-state index in [9.17, 15) is 9.59 Å². The van der Waals surface area contributed by atoms with E-state index in [-0.39, 0.29) is 24.5 Å². The Morgan fingerprint density at radius 2 is 2.11 bits per heavy atom. The van der Waals surface area contributed by atoms with Crippen molar-refractivity contribution < 1.29 is 14.3 Å². The zero-order valence-electron chi connectivity index (χ0n) is 11.1. The number of ether oxygens (including phenoxy) is 1. The van der Waals surface area contributed by atoms with Gasteiger partial charge in [0, 0.05) is 16.7 Å². The van der Waals surface area contributed by atoms with Gasteiger partial charge in [0.05, 0.1) is 13.0 Å². The number of esters is 1. The number of methoxy groups -OCH3 is 1. The Balaban J connectivity index is 2.52. The van der Waals surface area contributed by atoms with Crippen molar-refractivity contribution in [3.63, 3.8) is 0 Å². The lowest BCUT2D eigenvalue weighted by atomic mass is 10.2. The predicted molar refractivity (Wildman–Crippen MR) is 77.1 cm³/mol. The molecule has 6 heteroatoms. The average molecular weight is 329 g/mol. The zero-order valence-corrected chi connectivity index (χ0v) is 12.7. The number of benzene rings is 1. The molecule has 2 N–H and O–H groups in total. The Hall–Kier alpha value is -1.56. The van der Waals surface area contributed by atoms with E-state index < -0.39 is 0 Å². The monoisotopic (exact) mass is 328 g/mol. The molecular formula is C13H17BrN2O3. The lowest BCUT2D eigenvalue weighted by molar-refractivity contribution is -0.144. The third-order valence-corrected chi connectivity index (χ3v) is 3.55. The van der Waals surface area contributed by atoms with Gasteiger partial charge in [0.1, 0.15) is 0 Å². The molecule has 0 saturated heterocycles. The van der Waals surface area contributed by atoms with Crippen LogP contribution in [0.5, 0.6) is 0 Å². The predicted octanol–water partition coefficient (Wildman–Crippen LogP) is 2.69. The number of halogens is 1. The van der Waals surface area contributed by atoms with E-state index in [4.69, 9.17) is 0 Å². The first kappa shape index (κ1) is 15.5. The molecule has 0 aromatic heterocycles. The second-order valence-corrected chi connectivity index (χ2v) is 5.03. The first-order valence-corrected chi connectivity index (χ1v) is 6.62. The molecule has 1 unspecified atom stereocenters. The van der Waals surface area contributed by atoms with Crippen LogP contribution < -0.4 is 10.6 Å². The van der Waals surface area contributed by atoms with Crippen LogP contribution in [0.2, 0.25) is 0 Å². The average Bonchev–Trinajstić information content (AvgIpc) is 2.40. The summed E-state index contributed by atoms with van der Waals surface area (Å²) in [5.74, 6) is -0.724. The summed E-state index contributed by atoms with van der Waals surface area (Å²) in [5.41, 5.74) is 1.66. The molecule has 2 amide bonds. The van der Waals surface area contributed by atoms with E-state index in [1.54, 1.807) is 6.92 Å². The molecule has 19 heavy (non-hydrogen) atoms. The zero-order chi connectivity index (χ0) is 14.4. The van der Waals surface area contributed by atoms with Crippen molar-refractivity contribution in [2.45, 2.75) is 13.8 Å². The first-order valence-electron chi connectivity index (χ1n) is 5.83. The summed E-state index contributed by atoms with van der Waals surface area (Å²) in [6.45, 7) is 3.82. The Kier molecular flexibility index (Phi) is 5.82. The topological polar surface area (TPSA) is 67.4 Å². The molecule has 0 bridgehead atoms. The second kappa shape index (κ2) is 7.13. The number of carbonyl (C=O) groups excluding carboxylic acids is 2. The van der Waals surface area contributed by atoms with Gasteiger partial charge in [-0.15, -0.1) is 0 Å². The maximum atomic E-state index is 11.7. The summed E-state index contributed by atoms with van der Waals surface area (Å²) < 4.78 is 5.50. The SMILES string of the molecule is COC(=O)C(C)CNC(=O)Nc1cccc(Br)c1C. The summed E-state index contributed by atoms with van der Waals surface area (Å²) in [4.78, 5) is 22.9. The molecule has 1 aromatic rings. The van der Waals surface area contributed by atoms with E-state index in [1.807, 2.05) is 25.1 Å². The Morgan fingerprint density at radius 1 is 1.42 bits per heavy atom. The lowest BCUT2D eigenvalue weighted by Gasteiger charge is -2.13. The molecule has 5 nitrogen and oxygen atoms in total. The van der Waals surface area contributed by atoms with Crippen molar-refractivity contribution >= 4 is 33.6 Å². The minimum absolute atomic E-state index is 0.228. The highest BCUT2D eigenvalue weighted by Gasteiger charge is 2.14. The maximum Gasteiger partial charge on any atom is 0.319 e. The molecule has 1 rings (SSSR count). The Bertz CT molecular complexity index is 477. The number of rotatable bonds is 4. The highest BCUT2D eigenvalue weighted by molar-refractivity contribution is 9.10. The number of carbonyl (C=O) groups is 2. The number of hydrogen-bond donors (Lipinski definition) is 2. The minimum atomic E-state index is -0.376. The van der Waals surface area contributed by atoms with Crippen molar-refractivity contribution in [2.24, 2.45) is 5.92 Å². The molecular weight excluding hydrogens is 312 g/mol. The fourth-order valence-corrected chi connectivity index (χ4v) is 1.81. The Morgan fingerprint density at radius 3 is 2.74 bits per heavy atom. The molecule has 0 aliphatic heterocycles. The number of urea groups is 1. The molecule has 0 aliphatic rings. The van der Waals surface area contributed by atoms with Crippen molar-refractivity contribution in [3.05, 3.63) is 28.2 Å². The van der Waals surface area contributed by atoms with E-state index in [0.29, 0.717) is 0 Å². The first-order chi connectivity index (χ1) is 8.95. The fourth-order valence-electron chi connectivity index (χ4n) is 1.44. The van der Waals surface area contributed by atoms with Crippen LogP contribution in [-0.2, 0) is 9.53 Å². The smallest absolute Gasteiger partial charge is 0.319 e. The molecule has 104 valence electrons. The fraction of sp³-hybridized carbons (Fsp3) is 0.385. The van der Waals surface area contributed by atoms with Gasteiger partial charge < -0.3 is 15.4 Å². The standard InChI is InChI=1S/C13H17BrN2O3/c1-8(12(17)19-3)7-15-13(18)16-11-6-4-5-10(14)9(11)2/h4-6,8H,7H2,1-3H3,(H2,15,16,18). The molecule has 1 atom stereocenters. The molecule has 0 fully saturated rings.